The van der Waals surface area contributed by atoms with Crippen LogP contribution in [0.5, 0.6) is 0 Å². The van der Waals surface area contributed by atoms with Gasteiger partial charge in [-0.3, -0.25) is 0 Å². The molecule has 0 rings (SSSR count). The second-order valence-corrected chi connectivity index (χ2v) is 2.98. The highest BCUT2D eigenvalue weighted by molar-refractivity contribution is 5.09. The summed E-state index contributed by atoms with van der Waals surface area (Å²) in [7, 11) is 0. The van der Waals surface area contributed by atoms with Crippen molar-refractivity contribution in [2.24, 2.45) is 0 Å². The average Bonchev–Trinajstić information content (AvgIpc) is 1.87. The number of hydrogen-bond donors (Lipinski definition) is 1. The van der Waals surface area contributed by atoms with Crippen molar-refractivity contribution in [3.8, 4) is 0 Å². The number of rotatable bonds is 4. The zero-order valence-electron chi connectivity index (χ0n) is 7.67. The van der Waals surface area contributed by atoms with Gasteiger partial charge in [-0.15, -0.1) is 0 Å². The predicted octanol–water partition coefficient (Wildman–Crippen LogP) is 2.67. The largest absolute Gasteiger partial charge is 0.389 e. The Morgan fingerprint density at radius 3 is 2.55 bits per heavy atom. The van der Waals surface area contributed by atoms with Gasteiger partial charge in [0.2, 0.25) is 0 Å². The van der Waals surface area contributed by atoms with Gasteiger partial charge in [-0.25, -0.2) is 0 Å². The molecule has 0 bridgehead atoms. The molecule has 0 heterocycles. The van der Waals surface area contributed by atoms with Gasteiger partial charge in [0.05, 0.1) is 6.10 Å². The molecule has 11 heavy (non-hydrogen) atoms. The van der Waals surface area contributed by atoms with E-state index in [1.165, 1.54) is 5.57 Å². The van der Waals surface area contributed by atoms with Crippen LogP contribution in [-0.2, 0) is 0 Å². The Hall–Kier alpha value is -0.560. The van der Waals surface area contributed by atoms with Crippen LogP contribution in [0.25, 0.3) is 0 Å². The van der Waals surface area contributed by atoms with E-state index < -0.39 is 0 Å². The summed E-state index contributed by atoms with van der Waals surface area (Å²) in [6, 6.07) is 0. The lowest BCUT2D eigenvalue weighted by atomic mass is 10.2. The lowest BCUT2D eigenvalue weighted by molar-refractivity contribution is 0.211. The molecular weight excluding hydrogens is 136 g/mol. The third-order valence-corrected chi connectivity index (χ3v) is 1.35. The highest BCUT2D eigenvalue weighted by Gasteiger charge is 1.93. The van der Waals surface area contributed by atoms with Crippen LogP contribution in [0.4, 0.5) is 0 Å². The van der Waals surface area contributed by atoms with Gasteiger partial charge >= 0.3 is 0 Å². The van der Waals surface area contributed by atoms with Crippen LogP contribution >= 0.6 is 0 Å². The van der Waals surface area contributed by atoms with Crippen LogP contribution in [0.2, 0.25) is 0 Å². The molecule has 0 aliphatic rings. The molecule has 0 aliphatic carbocycles. The minimum absolute atomic E-state index is 0.268. The minimum atomic E-state index is -0.268. The third-order valence-electron chi connectivity index (χ3n) is 1.35. The standard InChI is InChI=1S/C10H18O/c1-4-6-10(11)8-5-7-9(2)3/h5,7-8,10-11H,4,6H2,1-3H3. The molecule has 0 saturated carbocycles. The molecule has 0 saturated heterocycles. The highest BCUT2D eigenvalue weighted by Crippen LogP contribution is 1.98. The second-order valence-electron chi connectivity index (χ2n) is 2.98. The van der Waals surface area contributed by atoms with Crippen LogP contribution in [0.1, 0.15) is 33.6 Å². The number of aliphatic hydroxyl groups excluding tert-OH is 1. The van der Waals surface area contributed by atoms with Gasteiger partial charge in [-0.2, -0.15) is 0 Å². The Labute approximate surface area is 69.4 Å². The molecule has 0 amide bonds. The summed E-state index contributed by atoms with van der Waals surface area (Å²) in [5.74, 6) is 0. The van der Waals surface area contributed by atoms with Crippen molar-refractivity contribution in [1.82, 2.24) is 0 Å². The van der Waals surface area contributed by atoms with Crippen molar-refractivity contribution in [2.45, 2.75) is 39.7 Å². The van der Waals surface area contributed by atoms with Gasteiger partial charge in [0.25, 0.3) is 0 Å². The van der Waals surface area contributed by atoms with Crippen molar-refractivity contribution in [2.75, 3.05) is 0 Å². The zero-order valence-corrected chi connectivity index (χ0v) is 7.67. The van der Waals surface area contributed by atoms with E-state index >= 15 is 0 Å². The van der Waals surface area contributed by atoms with Crippen molar-refractivity contribution < 1.29 is 5.11 Å². The predicted molar refractivity (Wildman–Crippen MR) is 49.5 cm³/mol. The lowest BCUT2D eigenvalue weighted by Crippen LogP contribution is -1.99. The van der Waals surface area contributed by atoms with Gasteiger partial charge < -0.3 is 5.11 Å². The maximum absolute atomic E-state index is 9.25. The van der Waals surface area contributed by atoms with Crippen molar-refractivity contribution in [3.63, 3.8) is 0 Å². The molecule has 1 heteroatoms. The van der Waals surface area contributed by atoms with Gasteiger partial charge in [0.1, 0.15) is 0 Å². The fraction of sp³-hybridized carbons (Fsp3) is 0.600. The Morgan fingerprint density at radius 2 is 2.09 bits per heavy atom. The Bertz CT molecular complexity index is 141. The minimum Gasteiger partial charge on any atom is -0.389 e. The Kier molecular flexibility index (Phi) is 5.86. The van der Waals surface area contributed by atoms with Crippen molar-refractivity contribution >= 4 is 0 Å². The first-order chi connectivity index (χ1) is 5.16. The SMILES string of the molecule is CCCC(O)C=CC=C(C)C. The van der Waals surface area contributed by atoms with Gasteiger partial charge in [0, 0.05) is 0 Å². The average molecular weight is 154 g/mol. The van der Waals surface area contributed by atoms with E-state index in [1.807, 2.05) is 32.1 Å². The first-order valence-electron chi connectivity index (χ1n) is 4.16. The summed E-state index contributed by atoms with van der Waals surface area (Å²) < 4.78 is 0. The third kappa shape index (κ3) is 7.34. The smallest absolute Gasteiger partial charge is 0.0723 e. The number of hydrogen-bond acceptors (Lipinski definition) is 1. The molecule has 0 aromatic rings. The van der Waals surface area contributed by atoms with Crippen LogP contribution in [0.15, 0.2) is 23.8 Å². The highest BCUT2D eigenvalue weighted by atomic mass is 16.3. The maximum Gasteiger partial charge on any atom is 0.0723 e. The van der Waals surface area contributed by atoms with E-state index in [4.69, 9.17) is 0 Å². The van der Waals surface area contributed by atoms with E-state index in [9.17, 15) is 5.11 Å². The monoisotopic (exact) mass is 154 g/mol. The molecule has 1 atom stereocenters. The summed E-state index contributed by atoms with van der Waals surface area (Å²) >= 11 is 0. The van der Waals surface area contributed by atoms with Crippen LogP contribution < -0.4 is 0 Å². The normalized spacial score (nSPS) is 13.5. The van der Waals surface area contributed by atoms with Crippen molar-refractivity contribution in [1.29, 1.82) is 0 Å². The second kappa shape index (κ2) is 6.17. The van der Waals surface area contributed by atoms with Gasteiger partial charge in [-0.05, 0) is 20.3 Å². The van der Waals surface area contributed by atoms with Crippen molar-refractivity contribution in [3.05, 3.63) is 23.8 Å². The summed E-state index contributed by atoms with van der Waals surface area (Å²) in [5, 5.41) is 9.25. The van der Waals surface area contributed by atoms with Crippen LogP contribution in [0, 0.1) is 0 Å². The molecular formula is C10H18O. The van der Waals surface area contributed by atoms with Gasteiger partial charge in [0.15, 0.2) is 0 Å². The van der Waals surface area contributed by atoms with E-state index in [1.54, 1.807) is 0 Å². The maximum atomic E-state index is 9.25. The molecule has 0 aromatic carbocycles. The summed E-state index contributed by atoms with van der Waals surface area (Å²) in [6.07, 6.45) is 7.36. The molecule has 64 valence electrons. The zero-order chi connectivity index (χ0) is 8.69. The van der Waals surface area contributed by atoms with E-state index in [0.29, 0.717) is 0 Å². The number of allylic oxidation sites excluding steroid dienone is 3. The Balaban J connectivity index is 3.64. The van der Waals surface area contributed by atoms with E-state index in [-0.39, 0.29) is 6.10 Å². The number of aliphatic hydroxyl groups is 1. The quantitative estimate of drug-likeness (QED) is 0.617. The topological polar surface area (TPSA) is 20.2 Å². The van der Waals surface area contributed by atoms with E-state index in [2.05, 4.69) is 6.92 Å². The van der Waals surface area contributed by atoms with E-state index in [0.717, 1.165) is 12.8 Å². The van der Waals surface area contributed by atoms with Gasteiger partial charge in [-0.1, -0.05) is 37.1 Å². The lowest BCUT2D eigenvalue weighted by Gasteiger charge is -1.99. The molecule has 1 unspecified atom stereocenters. The first kappa shape index (κ1) is 10.4. The van der Waals surface area contributed by atoms with Crippen LogP contribution in [0.3, 0.4) is 0 Å². The molecule has 1 nitrogen and oxygen atoms in total. The summed E-state index contributed by atoms with van der Waals surface area (Å²) in [6.45, 7) is 6.14. The fourth-order valence-electron chi connectivity index (χ4n) is 0.768. The molecule has 0 aromatic heterocycles. The summed E-state index contributed by atoms with van der Waals surface area (Å²) in [5.41, 5.74) is 1.25. The Morgan fingerprint density at radius 1 is 1.45 bits per heavy atom. The molecule has 0 radical (unpaired) electrons. The molecule has 0 spiro atoms. The van der Waals surface area contributed by atoms with Crippen LogP contribution in [-0.4, -0.2) is 11.2 Å². The molecule has 0 fully saturated rings. The molecule has 1 N–H and O–H groups in total. The fourth-order valence-corrected chi connectivity index (χ4v) is 0.768. The molecule has 0 aliphatic heterocycles. The summed E-state index contributed by atoms with van der Waals surface area (Å²) in [4.78, 5) is 0. The first-order valence-corrected chi connectivity index (χ1v) is 4.16.